The number of hydrogen-bond donors (Lipinski definition) is 1. The molecular formula is C17H22N2O4. The van der Waals surface area contributed by atoms with Crippen LogP contribution in [-0.4, -0.2) is 49.3 Å². The first kappa shape index (κ1) is 15.8. The fourth-order valence-electron chi connectivity index (χ4n) is 3.79. The minimum atomic E-state index is -0.529. The molecule has 0 radical (unpaired) electrons. The Labute approximate surface area is 135 Å². The monoisotopic (exact) mass is 318 g/mol. The van der Waals surface area contributed by atoms with E-state index in [1.54, 1.807) is 12.1 Å². The third-order valence-corrected chi connectivity index (χ3v) is 4.97. The lowest BCUT2D eigenvalue weighted by Gasteiger charge is -2.40. The highest BCUT2D eigenvalue weighted by Crippen LogP contribution is 2.40. The van der Waals surface area contributed by atoms with Crippen molar-refractivity contribution in [3.8, 4) is 0 Å². The first-order valence-corrected chi connectivity index (χ1v) is 7.92. The van der Waals surface area contributed by atoms with E-state index in [4.69, 9.17) is 9.47 Å². The Morgan fingerprint density at radius 2 is 1.96 bits per heavy atom. The number of ether oxygens (including phenoxy) is 2. The van der Waals surface area contributed by atoms with Crippen molar-refractivity contribution in [2.24, 2.45) is 5.92 Å². The van der Waals surface area contributed by atoms with Gasteiger partial charge in [0.1, 0.15) is 12.0 Å². The van der Waals surface area contributed by atoms with Crippen molar-refractivity contribution in [3.05, 3.63) is 30.3 Å². The van der Waals surface area contributed by atoms with E-state index in [9.17, 15) is 9.59 Å². The van der Waals surface area contributed by atoms with Gasteiger partial charge in [-0.1, -0.05) is 18.2 Å². The highest BCUT2D eigenvalue weighted by Gasteiger charge is 2.50. The first-order chi connectivity index (χ1) is 11.1. The second-order valence-corrected chi connectivity index (χ2v) is 6.18. The lowest BCUT2D eigenvalue weighted by atomic mass is 9.87. The molecule has 2 aliphatic heterocycles. The number of benzene rings is 1. The molecule has 6 heteroatoms. The summed E-state index contributed by atoms with van der Waals surface area (Å²) in [5, 5.41) is 2.70. The molecule has 4 unspecified atom stereocenters. The molecule has 0 aliphatic carbocycles. The van der Waals surface area contributed by atoms with E-state index < -0.39 is 18.1 Å². The number of nitrogens with one attached hydrogen (secondary N) is 1. The van der Waals surface area contributed by atoms with Gasteiger partial charge in [0.05, 0.1) is 7.11 Å². The van der Waals surface area contributed by atoms with Crippen LogP contribution in [0.25, 0.3) is 0 Å². The summed E-state index contributed by atoms with van der Waals surface area (Å²) in [4.78, 5) is 26.6. The predicted octanol–water partition coefficient (Wildman–Crippen LogP) is 2.26. The van der Waals surface area contributed by atoms with Gasteiger partial charge in [0, 0.05) is 24.2 Å². The molecule has 23 heavy (non-hydrogen) atoms. The molecule has 2 fully saturated rings. The number of rotatable bonds is 3. The van der Waals surface area contributed by atoms with E-state index >= 15 is 0 Å². The highest BCUT2D eigenvalue weighted by molar-refractivity contribution is 5.85. The summed E-state index contributed by atoms with van der Waals surface area (Å²) in [7, 11) is 3.41. The zero-order valence-corrected chi connectivity index (χ0v) is 13.4. The van der Waals surface area contributed by atoms with E-state index in [2.05, 4.69) is 10.2 Å². The van der Waals surface area contributed by atoms with Gasteiger partial charge in [-0.2, -0.15) is 0 Å². The molecule has 2 heterocycles. The van der Waals surface area contributed by atoms with E-state index in [-0.39, 0.29) is 12.0 Å². The lowest BCUT2D eigenvalue weighted by molar-refractivity contribution is -0.155. The first-order valence-electron chi connectivity index (χ1n) is 7.92. The second kappa shape index (κ2) is 6.58. The number of para-hydroxylation sites is 1. The largest absolute Gasteiger partial charge is 0.469 e. The number of fused-ring (bicyclic) bond motifs is 2. The van der Waals surface area contributed by atoms with Crippen LogP contribution < -0.4 is 5.32 Å². The van der Waals surface area contributed by atoms with Gasteiger partial charge in [-0.15, -0.1) is 0 Å². The zero-order valence-electron chi connectivity index (χ0n) is 13.4. The zero-order chi connectivity index (χ0) is 16.4. The van der Waals surface area contributed by atoms with Gasteiger partial charge in [-0.05, 0) is 32.0 Å². The van der Waals surface area contributed by atoms with Gasteiger partial charge in [-0.25, -0.2) is 4.79 Å². The van der Waals surface area contributed by atoms with Gasteiger partial charge in [0.25, 0.3) is 0 Å². The minimum absolute atomic E-state index is 0.0794. The Morgan fingerprint density at radius 3 is 2.65 bits per heavy atom. The van der Waals surface area contributed by atoms with Crippen molar-refractivity contribution in [3.63, 3.8) is 0 Å². The maximum atomic E-state index is 12.2. The highest BCUT2D eigenvalue weighted by atomic mass is 16.6. The standard InChI is InChI=1S/C17H22N2O4/c1-19-12-8-9-13(19)15(16(20)22-2)14(10-12)23-17(21)18-11-6-4-3-5-7-11/h3-7,12-15H,8-10H2,1-2H3,(H,18,21). The number of methoxy groups -OCH3 is 1. The molecular weight excluding hydrogens is 296 g/mol. The molecule has 2 saturated heterocycles. The van der Waals surface area contributed by atoms with Crippen LogP contribution in [-0.2, 0) is 14.3 Å². The predicted molar refractivity (Wildman–Crippen MR) is 85.0 cm³/mol. The van der Waals surface area contributed by atoms with Crippen molar-refractivity contribution < 1.29 is 19.1 Å². The van der Waals surface area contributed by atoms with Gasteiger partial charge < -0.3 is 9.47 Å². The molecule has 0 spiro atoms. The van der Waals surface area contributed by atoms with E-state index in [1.165, 1.54) is 7.11 Å². The van der Waals surface area contributed by atoms with Crippen molar-refractivity contribution in [2.45, 2.75) is 37.5 Å². The van der Waals surface area contributed by atoms with Crippen LogP contribution in [0.3, 0.4) is 0 Å². The molecule has 1 aromatic rings. The van der Waals surface area contributed by atoms with Crippen LogP contribution in [0.1, 0.15) is 19.3 Å². The number of esters is 1. The average molecular weight is 318 g/mol. The lowest BCUT2D eigenvalue weighted by Crippen LogP contribution is -2.53. The Hall–Kier alpha value is -2.08. The average Bonchev–Trinajstić information content (AvgIpc) is 2.79. The van der Waals surface area contributed by atoms with Crippen LogP contribution in [0.5, 0.6) is 0 Å². The van der Waals surface area contributed by atoms with Gasteiger partial charge >= 0.3 is 12.1 Å². The maximum absolute atomic E-state index is 12.2. The maximum Gasteiger partial charge on any atom is 0.411 e. The summed E-state index contributed by atoms with van der Waals surface area (Å²) in [5.74, 6) is -0.731. The quantitative estimate of drug-likeness (QED) is 0.866. The Balaban J connectivity index is 1.70. The molecule has 4 atom stereocenters. The van der Waals surface area contributed by atoms with Crippen molar-refractivity contribution in [1.29, 1.82) is 0 Å². The number of carbonyl (C=O) groups excluding carboxylic acids is 2. The van der Waals surface area contributed by atoms with Gasteiger partial charge in [0.2, 0.25) is 0 Å². The summed E-state index contributed by atoms with van der Waals surface area (Å²) in [6.45, 7) is 0. The van der Waals surface area contributed by atoms with Crippen LogP contribution in [0.2, 0.25) is 0 Å². The van der Waals surface area contributed by atoms with E-state index in [1.807, 2.05) is 25.2 Å². The smallest absolute Gasteiger partial charge is 0.411 e. The number of carbonyl (C=O) groups is 2. The minimum Gasteiger partial charge on any atom is -0.469 e. The number of amides is 1. The van der Waals surface area contributed by atoms with Crippen LogP contribution >= 0.6 is 0 Å². The molecule has 2 bridgehead atoms. The molecule has 2 aliphatic rings. The summed E-state index contributed by atoms with van der Waals surface area (Å²) in [6, 6.07) is 9.56. The fourth-order valence-corrected chi connectivity index (χ4v) is 3.79. The molecule has 1 amide bonds. The third kappa shape index (κ3) is 3.17. The Bertz CT molecular complexity index is 577. The topological polar surface area (TPSA) is 67.9 Å². The third-order valence-electron chi connectivity index (χ3n) is 4.97. The number of nitrogens with zero attached hydrogens (tertiary/aromatic N) is 1. The van der Waals surface area contributed by atoms with Crippen LogP contribution in [0.4, 0.5) is 10.5 Å². The summed E-state index contributed by atoms with van der Waals surface area (Å²) in [6.07, 6.45) is 1.64. The van der Waals surface area contributed by atoms with Crippen LogP contribution in [0, 0.1) is 5.92 Å². The number of hydrogen-bond acceptors (Lipinski definition) is 5. The molecule has 6 nitrogen and oxygen atoms in total. The molecule has 1 aromatic carbocycles. The van der Waals surface area contributed by atoms with Crippen molar-refractivity contribution in [2.75, 3.05) is 19.5 Å². The fraction of sp³-hybridized carbons (Fsp3) is 0.529. The van der Waals surface area contributed by atoms with Crippen molar-refractivity contribution in [1.82, 2.24) is 4.90 Å². The molecule has 0 aromatic heterocycles. The van der Waals surface area contributed by atoms with Gasteiger partial charge in [0.15, 0.2) is 0 Å². The van der Waals surface area contributed by atoms with E-state index in [0.717, 1.165) is 12.8 Å². The SMILES string of the molecule is COC(=O)C1C(OC(=O)Nc2ccccc2)CC2CCC1N2C. The summed E-state index contributed by atoms with van der Waals surface area (Å²) in [5.41, 5.74) is 0.669. The number of anilines is 1. The van der Waals surface area contributed by atoms with Crippen LogP contribution in [0.15, 0.2) is 30.3 Å². The van der Waals surface area contributed by atoms with Gasteiger partial charge in [-0.3, -0.25) is 15.0 Å². The Kier molecular flexibility index (Phi) is 4.52. The molecule has 1 N–H and O–H groups in total. The van der Waals surface area contributed by atoms with Crippen molar-refractivity contribution >= 4 is 17.7 Å². The molecule has 124 valence electrons. The number of piperidine rings is 1. The second-order valence-electron chi connectivity index (χ2n) is 6.18. The normalized spacial score (nSPS) is 29.8. The Morgan fingerprint density at radius 1 is 1.22 bits per heavy atom. The molecule has 0 saturated carbocycles. The summed E-state index contributed by atoms with van der Waals surface area (Å²) < 4.78 is 10.5. The molecule has 3 rings (SSSR count). The van der Waals surface area contributed by atoms with E-state index in [0.29, 0.717) is 18.2 Å². The summed E-state index contributed by atoms with van der Waals surface area (Å²) >= 11 is 0.